The van der Waals surface area contributed by atoms with Crippen LogP contribution in [0.4, 0.5) is 0 Å². The lowest BCUT2D eigenvalue weighted by atomic mass is 9.96. The number of carboxylic acid groups (broad SMARTS) is 1. The Morgan fingerprint density at radius 1 is 1.60 bits per heavy atom. The summed E-state index contributed by atoms with van der Waals surface area (Å²) in [5, 5.41) is 17.7. The van der Waals surface area contributed by atoms with Gasteiger partial charge in [-0.05, 0) is 29.7 Å². The van der Waals surface area contributed by atoms with Gasteiger partial charge in [-0.1, -0.05) is 6.92 Å². The van der Waals surface area contributed by atoms with E-state index in [0.717, 1.165) is 5.56 Å². The number of carboxylic acids is 1. The van der Waals surface area contributed by atoms with Crippen LogP contribution >= 0.6 is 0 Å². The molecule has 1 rings (SSSR count). The fraction of sp³-hybridized carbons (Fsp3) is 0.273. The van der Waals surface area contributed by atoms with Crippen LogP contribution in [0.2, 0.25) is 0 Å². The molecule has 0 radical (unpaired) electrons. The van der Waals surface area contributed by atoms with Gasteiger partial charge in [0.1, 0.15) is 0 Å². The van der Waals surface area contributed by atoms with Crippen LogP contribution < -0.4 is 5.73 Å². The summed E-state index contributed by atoms with van der Waals surface area (Å²) in [5.74, 6) is -1.02. The summed E-state index contributed by atoms with van der Waals surface area (Å²) in [6, 6.07) is 4.96. The van der Waals surface area contributed by atoms with Gasteiger partial charge in [0, 0.05) is 6.54 Å². The predicted molar refractivity (Wildman–Crippen MR) is 55.4 cm³/mol. The minimum atomic E-state index is -1.02. The van der Waals surface area contributed by atoms with Crippen LogP contribution in [0.3, 0.4) is 0 Å². The topological polar surface area (TPSA) is 87.1 Å². The van der Waals surface area contributed by atoms with Gasteiger partial charge in [0.15, 0.2) is 0 Å². The minimum Gasteiger partial charge on any atom is -0.478 e. The van der Waals surface area contributed by atoms with Crippen LogP contribution in [0.1, 0.15) is 34.0 Å². The van der Waals surface area contributed by atoms with Crippen molar-refractivity contribution in [1.29, 1.82) is 5.26 Å². The van der Waals surface area contributed by atoms with E-state index >= 15 is 0 Å². The molecule has 0 saturated heterocycles. The van der Waals surface area contributed by atoms with Crippen molar-refractivity contribution in [3.05, 3.63) is 34.4 Å². The van der Waals surface area contributed by atoms with Crippen molar-refractivity contribution in [2.24, 2.45) is 5.73 Å². The van der Waals surface area contributed by atoms with Crippen molar-refractivity contribution in [3.8, 4) is 6.07 Å². The maximum Gasteiger partial charge on any atom is 0.336 e. The van der Waals surface area contributed by atoms with Crippen LogP contribution in [0, 0.1) is 11.3 Å². The fourth-order valence-electron chi connectivity index (χ4n) is 1.59. The molecule has 0 bridgehead atoms. The Labute approximate surface area is 87.9 Å². The molecule has 0 heterocycles. The number of benzene rings is 1. The number of aromatic carboxylic acids is 1. The Hall–Kier alpha value is -1.86. The largest absolute Gasteiger partial charge is 0.478 e. The summed E-state index contributed by atoms with van der Waals surface area (Å²) in [7, 11) is 0. The van der Waals surface area contributed by atoms with Crippen molar-refractivity contribution in [2.45, 2.75) is 19.9 Å². The summed E-state index contributed by atoms with van der Waals surface area (Å²) in [4.78, 5) is 11.0. The molecule has 15 heavy (non-hydrogen) atoms. The molecular weight excluding hydrogens is 192 g/mol. The Morgan fingerprint density at radius 2 is 2.27 bits per heavy atom. The molecule has 0 atom stereocenters. The lowest BCUT2D eigenvalue weighted by Gasteiger charge is -2.09. The Bertz CT molecular complexity index is 433. The Kier molecular flexibility index (Phi) is 3.42. The molecule has 0 spiro atoms. The van der Waals surface area contributed by atoms with Crippen molar-refractivity contribution < 1.29 is 9.90 Å². The minimum absolute atomic E-state index is 0.178. The molecule has 0 fully saturated rings. The van der Waals surface area contributed by atoms with Gasteiger partial charge < -0.3 is 10.8 Å². The zero-order valence-electron chi connectivity index (χ0n) is 8.45. The molecule has 0 aliphatic rings. The Balaban J connectivity index is 3.47. The molecular formula is C11H12N2O2. The molecule has 0 aliphatic carbocycles. The molecule has 0 unspecified atom stereocenters. The van der Waals surface area contributed by atoms with Gasteiger partial charge in [0.2, 0.25) is 0 Å². The number of nitrogens with zero attached hydrogens (tertiary/aromatic N) is 1. The normalized spacial score (nSPS) is 9.67. The van der Waals surface area contributed by atoms with E-state index in [9.17, 15) is 4.79 Å². The van der Waals surface area contributed by atoms with E-state index in [-0.39, 0.29) is 12.1 Å². The first kappa shape index (κ1) is 11.2. The number of carbonyl (C=O) groups is 1. The lowest BCUT2D eigenvalue weighted by molar-refractivity contribution is 0.0695. The van der Waals surface area contributed by atoms with Gasteiger partial charge in [0.05, 0.1) is 17.2 Å². The van der Waals surface area contributed by atoms with Gasteiger partial charge in [-0.3, -0.25) is 0 Å². The highest BCUT2D eigenvalue weighted by molar-refractivity contribution is 5.90. The first-order valence-electron chi connectivity index (χ1n) is 4.63. The van der Waals surface area contributed by atoms with Gasteiger partial charge in [-0.25, -0.2) is 4.79 Å². The first-order valence-corrected chi connectivity index (χ1v) is 4.63. The summed E-state index contributed by atoms with van der Waals surface area (Å²) in [5.41, 5.74) is 7.47. The molecule has 4 heteroatoms. The molecule has 4 nitrogen and oxygen atoms in total. The standard InChI is InChI=1S/C11H12N2O2/c1-2-9-8(6-13)3-7(5-12)4-10(9)11(14)15/h3-4H,2,6,13H2,1H3,(H,14,15). The highest BCUT2D eigenvalue weighted by Gasteiger charge is 2.13. The molecule has 1 aromatic carbocycles. The smallest absolute Gasteiger partial charge is 0.336 e. The van der Waals surface area contributed by atoms with Crippen LogP contribution in [0.25, 0.3) is 0 Å². The first-order chi connectivity index (χ1) is 7.13. The molecule has 0 aliphatic heterocycles. The molecule has 1 aromatic rings. The number of hydrogen-bond donors (Lipinski definition) is 2. The van der Waals surface area contributed by atoms with Crippen molar-refractivity contribution in [3.63, 3.8) is 0 Å². The zero-order valence-corrected chi connectivity index (χ0v) is 8.45. The lowest BCUT2D eigenvalue weighted by Crippen LogP contribution is -2.09. The molecule has 0 aromatic heterocycles. The maximum absolute atomic E-state index is 11.0. The van der Waals surface area contributed by atoms with E-state index in [1.165, 1.54) is 6.07 Å². The second-order valence-corrected chi connectivity index (χ2v) is 3.14. The van der Waals surface area contributed by atoms with Gasteiger partial charge >= 0.3 is 5.97 Å². The molecule has 3 N–H and O–H groups in total. The van der Waals surface area contributed by atoms with E-state index in [1.54, 1.807) is 6.07 Å². The zero-order chi connectivity index (χ0) is 11.4. The highest BCUT2D eigenvalue weighted by atomic mass is 16.4. The number of nitrogens with two attached hydrogens (primary N) is 1. The summed E-state index contributed by atoms with van der Waals surface area (Å²) >= 11 is 0. The number of rotatable bonds is 3. The third kappa shape index (κ3) is 2.14. The fourth-order valence-corrected chi connectivity index (χ4v) is 1.59. The summed E-state index contributed by atoms with van der Waals surface area (Å²) in [6.07, 6.45) is 0.597. The van der Waals surface area contributed by atoms with E-state index < -0.39 is 5.97 Å². The van der Waals surface area contributed by atoms with Crippen LogP contribution in [0.15, 0.2) is 12.1 Å². The quantitative estimate of drug-likeness (QED) is 0.776. The third-order valence-electron chi connectivity index (χ3n) is 2.28. The van der Waals surface area contributed by atoms with Crippen molar-refractivity contribution >= 4 is 5.97 Å². The van der Waals surface area contributed by atoms with E-state index in [1.807, 2.05) is 13.0 Å². The predicted octanol–water partition coefficient (Wildman–Crippen LogP) is 1.28. The number of nitriles is 1. The molecule has 0 amide bonds. The van der Waals surface area contributed by atoms with Gasteiger partial charge in [0.25, 0.3) is 0 Å². The monoisotopic (exact) mass is 204 g/mol. The second-order valence-electron chi connectivity index (χ2n) is 3.14. The highest BCUT2D eigenvalue weighted by Crippen LogP contribution is 2.18. The molecule has 0 saturated carbocycles. The Morgan fingerprint density at radius 3 is 2.67 bits per heavy atom. The molecule has 78 valence electrons. The van der Waals surface area contributed by atoms with Crippen molar-refractivity contribution in [2.75, 3.05) is 0 Å². The summed E-state index contributed by atoms with van der Waals surface area (Å²) < 4.78 is 0. The van der Waals surface area contributed by atoms with Gasteiger partial charge in [-0.15, -0.1) is 0 Å². The SMILES string of the molecule is CCc1c(CN)cc(C#N)cc1C(=O)O. The van der Waals surface area contributed by atoms with Crippen LogP contribution in [0.5, 0.6) is 0 Å². The third-order valence-corrected chi connectivity index (χ3v) is 2.28. The van der Waals surface area contributed by atoms with Gasteiger partial charge in [-0.2, -0.15) is 5.26 Å². The van der Waals surface area contributed by atoms with E-state index in [0.29, 0.717) is 17.5 Å². The van der Waals surface area contributed by atoms with E-state index in [2.05, 4.69) is 0 Å². The average molecular weight is 204 g/mol. The van der Waals surface area contributed by atoms with E-state index in [4.69, 9.17) is 16.1 Å². The summed E-state index contributed by atoms with van der Waals surface area (Å²) in [6.45, 7) is 2.12. The number of hydrogen-bond acceptors (Lipinski definition) is 3. The van der Waals surface area contributed by atoms with Crippen LogP contribution in [-0.4, -0.2) is 11.1 Å². The average Bonchev–Trinajstić information content (AvgIpc) is 2.26. The maximum atomic E-state index is 11.0. The van der Waals surface area contributed by atoms with Crippen LogP contribution in [-0.2, 0) is 13.0 Å². The van der Waals surface area contributed by atoms with Crippen molar-refractivity contribution in [1.82, 2.24) is 0 Å². The second kappa shape index (κ2) is 4.58.